The highest BCUT2D eigenvalue weighted by Gasteiger charge is 2.45. The zero-order valence-electron chi connectivity index (χ0n) is 15.6. The summed E-state index contributed by atoms with van der Waals surface area (Å²) < 4.78 is 13.1. The summed E-state index contributed by atoms with van der Waals surface area (Å²) in [5.74, 6) is -0.531. The highest BCUT2D eigenvalue weighted by Crippen LogP contribution is 2.39. The number of urea groups is 1. The first-order chi connectivity index (χ1) is 12.9. The number of nitrogens with one attached hydrogen (secondary N) is 2. The number of anilines is 1. The van der Waals surface area contributed by atoms with Crippen LogP contribution in [-0.2, 0) is 16.5 Å². The van der Waals surface area contributed by atoms with E-state index in [0.717, 1.165) is 16.7 Å². The number of carbonyl (C=O) groups is 1. The first-order valence-corrected chi connectivity index (χ1v) is 9.23. The van der Waals surface area contributed by atoms with E-state index >= 15 is 0 Å². The van der Waals surface area contributed by atoms with Gasteiger partial charge in [-0.3, -0.25) is 4.68 Å². The molecule has 1 aliphatic carbocycles. The lowest BCUT2D eigenvalue weighted by Gasteiger charge is -2.40. The first kappa shape index (κ1) is 18.1. The van der Waals surface area contributed by atoms with Gasteiger partial charge in [-0.25, -0.2) is 9.78 Å². The van der Waals surface area contributed by atoms with Crippen molar-refractivity contribution in [2.45, 2.75) is 44.0 Å². The summed E-state index contributed by atoms with van der Waals surface area (Å²) in [5, 5.41) is 21.5. The van der Waals surface area contributed by atoms with Gasteiger partial charge in [0, 0.05) is 31.8 Å². The van der Waals surface area contributed by atoms with Gasteiger partial charge in [-0.1, -0.05) is 0 Å². The Kier molecular flexibility index (Phi) is 4.53. The van der Waals surface area contributed by atoms with Gasteiger partial charge < -0.3 is 25.2 Å². The Morgan fingerprint density at radius 1 is 1.30 bits per heavy atom. The van der Waals surface area contributed by atoms with E-state index < -0.39 is 11.4 Å². The van der Waals surface area contributed by atoms with E-state index in [0.29, 0.717) is 44.6 Å². The second-order valence-corrected chi connectivity index (χ2v) is 7.44. The molecule has 1 saturated heterocycles. The Morgan fingerprint density at radius 2 is 2.00 bits per heavy atom. The van der Waals surface area contributed by atoms with Gasteiger partial charge in [0.15, 0.2) is 11.4 Å². The SMILES string of the molecule is Cc1nn(C)c2ncc(NC(=O)NCC3(O)CCC4(CC3)OCCO4)cc12. The minimum atomic E-state index is -0.944. The Balaban J connectivity index is 1.32. The van der Waals surface area contributed by atoms with Gasteiger partial charge >= 0.3 is 6.03 Å². The standard InChI is InChI=1S/C18H25N5O4/c1-12-14-9-13(10-19-15(14)23(2)22-12)21-16(24)20-11-17(25)3-5-18(6-4-17)26-7-8-27-18/h9-10,25H,3-8,11H2,1-2H3,(H2,20,21,24). The second-order valence-electron chi connectivity index (χ2n) is 7.44. The molecule has 2 aromatic heterocycles. The molecule has 1 aliphatic heterocycles. The predicted octanol–water partition coefficient (Wildman–Crippen LogP) is 1.45. The van der Waals surface area contributed by atoms with Gasteiger partial charge in [0.25, 0.3) is 0 Å². The highest BCUT2D eigenvalue weighted by molar-refractivity contribution is 5.92. The Morgan fingerprint density at radius 3 is 2.70 bits per heavy atom. The van der Waals surface area contributed by atoms with E-state index in [1.807, 2.05) is 20.0 Å². The van der Waals surface area contributed by atoms with Crippen molar-refractivity contribution in [3.63, 3.8) is 0 Å². The number of fused-ring (bicyclic) bond motifs is 1. The Hall–Kier alpha value is -2.23. The molecule has 3 N–H and O–H groups in total. The topological polar surface area (TPSA) is 111 Å². The average Bonchev–Trinajstić information content (AvgIpc) is 3.22. The first-order valence-electron chi connectivity index (χ1n) is 9.23. The molecule has 2 amide bonds. The summed E-state index contributed by atoms with van der Waals surface area (Å²) in [6.07, 6.45) is 3.91. The van der Waals surface area contributed by atoms with Crippen LogP contribution in [-0.4, -0.2) is 57.0 Å². The molecule has 0 aromatic carbocycles. The van der Waals surface area contributed by atoms with Crippen LogP contribution >= 0.6 is 0 Å². The molecule has 9 heteroatoms. The van der Waals surface area contributed by atoms with Crippen LogP contribution in [0, 0.1) is 6.92 Å². The van der Waals surface area contributed by atoms with Crippen LogP contribution in [0.2, 0.25) is 0 Å². The molecule has 1 spiro atoms. The van der Waals surface area contributed by atoms with Crippen molar-refractivity contribution >= 4 is 22.8 Å². The molecule has 27 heavy (non-hydrogen) atoms. The fourth-order valence-electron chi connectivity index (χ4n) is 3.86. The third kappa shape index (κ3) is 3.62. The number of pyridine rings is 1. The monoisotopic (exact) mass is 375 g/mol. The number of ether oxygens (including phenoxy) is 2. The normalized spacial score (nSPS) is 20.9. The van der Waals surface area contributed by atoms with E-state index in [-0.39, 0.29) is 12.6 Å². The number of nitrogens with zero attached hydrogens (tertiary/aromatic N) is 3. The molecule has 2 aromatic rings. The van der Waals surface area contributed by atoms with E-state index in [4.69, 9.17) is 9.47 Å². The third-order valence-corrected chi connectivity index (χ3v) is 5.45. The molecule has 3 heterocycles. The summed E-state index contributed by atoms with van der Waals surface area (Å²) in [4.78, 5) is 16.6. The third-order valence-electron chi connectivity index (χ3n) is 5.45. The number of aromatic nitrogens is 3. The van der Waals surface area contributed by atoms with Gasteiger partial charge in [0.05, 0.1) is 36.4 Å². The van der Waals surface area contributed by atoms with Crippen LogP contribution in [0.25, 0.3) is 11.0 Å². The molecule has 0 unspecified atom stereocenters. The van der Waals surface area contributed by atoms with Crippen LogP contribution < -0.4 is 10.6 Å². The van der Waals surface area contributed by atoms with Crippen molar-refractivity contribution in [2.75, 3.05) is 25.1 Å². The van der Waals surface area contributed by atoms with Crippen LogP contribution in [0.1, 0.15) is 31.4 Å². The summed E-state index contributed by atoms with van der Waals surface area (Å²) >= 11 is 0. The zero-order chi connectivity index (χ0) is 19.1. The molecule has 1 saturated carbocycles. The van der Waals surface area contributed by atoms with Gasteiger partial charge in [0.2, 0.25) is 0 Å². The summed E-state index contributed by atoms with van der Waals surface area (Å²) in [6, 6.07) is 1.47. The minimum absolute atomic E-state index is 0.177. The van der Waals surface area contributed by atoms with E-state index in [1.54, 1.807) is 10.9 Å². The zero-order valence-corrected chi connectivity index (χ0v) is 15.6. The number of amides is 2. The predicted molar refractivity (Wildman–Crippen MR) is 98.3 cm³/mol. The van der Waals surface area contributed by atoms with Gasteiger partial charge in [-0.05, 0) is 25.8 Å². The molecule has 0 bridgehead atoms. The van der Waals surface area contributed by atoms with Crippen molar-refractivity contribution in [2.24, 2.45) is 7.05 Å². The van der Waals surface area contributed by atoms with Crippen molar-refractivity contribution in [1.82, 2.24) is 20.1 Å². The molecule has 146 valence electrons. The summed E-state index contributed by atoms with van der Waals surface area (Å²) in [7, 11) is 1.83. The number of aliphatic hydroxyl groups is 1. The van der Waals surface area contributed by atoms with Crippen LogP contribution in [0.3, 0.4) is 0 Å². The maximum Gasteiger partial charge on any atom is 0.319 e. The molecular weight excluding hydrogens is 350 g/mol. The van der Waals surface area contributed by atoms with E-state index in [9.17, 15) is 9.90 Å². The lowest BCUT2D eigenvalue weighted by atomic mass is 9.81. The maximum atomic E-state index is 12.2. The number of carbonyl (C=O) groups excluding carboxylic acids is 1. The summed E-state index contributed by atoms with van der Waals surface area (Å²) in [5.41, 5.74) is 1.25. The van der Waals surface area contributed by atoms with Gasteiger partial charge in [-0.15, -0.1) is 0 Å². The van der Waals surface area contributed by atoms with Gasteiger partial charge in [-0.2, -0.15) is 5.10 Å². The Bertz CT molecular complexity index is 849. The largest absolute Gasteiger partial charge is 0.388 e. The van der Waals surface area contributed by atoms with Crippen molar-refractivity contribution in [3.8, 4) is 0 Å². The Labute approximate surface area is 157 Å². The quantitative estimate of drug-likeness (QED) is 0.749. The fourth-order valence-corrected chi connectivity index (χ4v) is 3.86. The van der Waals surface area contributed by atoms with Crippen LogP contribution in [0.5, 0.6) is 0 Å². The minimum Gasteiger partial charge on any atom is -0.388 e. The second kappa shape index (κ2) is 6.74. The van der Waals surface area contributed by atoms with Crippen LogP contribution in [0.15, 0.2) is 12.3 Å². The number of rotatable bonds is 3. The molecule has 2 aliphatic rings. The number of hydrogen-bond donors (Lipinski definition) is 3. The molecule has 0 atom stereocenters. The van der Waals surface area contributed by atoms with E-state index in [2.05, 4.69) is 20.7 Å². The highest BCUT2D eigenvalue weighted by atomic mass is 16.7. The lowest BCUT2D eigenvalue weighted by molar-refractivity contribution is -0.201. The number of hydrogen-bond acceptors (Lipinski definition) is 6. The van der Waals surface area contributed by atoms with E-state index in [1.165, 1.54) is 0 Å². The molecule has 2 fully saturated rings. The molecular formula is C18H25N5O4. The molecule has 4 rings (SSSR count). The molecule has 9 nitrogen and oxygen atoms in total. The maximum absolute atomic E-state index is 12.2. The van der Waals surface area contributed by atoms with Gasteiger partial charge in [0.1, 0.15) is 0 Å². The van der Waals surface area contributed by atoms with Crippen molar-refractivity contribution in [3.05, 3.63) is 18.0 Å². The fraction of sp³-hybridized carbons (Fsp3) is 0.611. The smallest absolute Gasteiger partial charge is 0.319 e. The summed E-state index contributed by atoms with van der Waals surface area (Å²) in [6.45, 7) is 3.29. The lowest BCUT2D eigenvalue weighted by Crippen LogP contribution is -2.50. The van der Waals surface area contributed by atoms with Crippen LogP contribution in [0.4, 0.5) is 10.5 Å². The van der Waals surface area contributed by atoms with Crippen molar-refractivity contribution in [1.29, 1.82) is 0 Å². The number of aryl methyl sites for hydroxylation is 2. The average molecular weight is 375 g/mol. The van der Waals surface area contributed by atoms with Crippen molar-refractivity contribution < 1.29 is 19.4 Å². The molecule has 0 radical (unpaired) electrons.